The van der Waals surface area contributed by atoms with E-state index in [-0.39, 0.29) is 0 Å². The van der Waals surface area contributed by atoms with E-state index in [4.69, 9.17) is 10.5 Å². The molecule has 1 saturated carbocycles. The SMILES string of the molecule is COc1ccc(CCN=C(N)NC2CCCC2)cc1. The molecule has 0 aromatic heterocycles. The standard InChI is InChI=1S/C15H23N3O/c1-19-14-8-6-12(7-9-14)10-11-17-15(16)18-13-4-2-3-5-13/h6-9,13H,2-5,10-11H2,1H3,(H3,16,17,18). The number of ether oxygens (including phenoxy) is 1. The lowest BCUT2D eigenvalue weighted by molar-refractivity contribution is 0.414. The van der Waals surface area contributed by atoms with Crippen LogP contribution in [0.2, 0.25) is 0 Å². The van der Waals surface area contributed by atoms with Gasteiger partial charge < -0.3 is 15.8 Å². The molecule has 4 nitrogen and oxygen atoms in total. The lowest BCUT2D eigenvalue weighted by Gasteiger charge is -2.12. The quantitative estimate of drug-likeness (QED) is 0.630. The van der Waals surface area contributed by atoms with Crippen LogP contribution in [-0.4, -0.2) is 25.7 Å². The average molecular weight is 261 g/mol. The number of hydrogen-bond donors (Lipinski definition) is 2. The fraction of sp³-hybridized carbons (Fsp3) is 0.533. The Kier molecular flexibility index (Phi) is 5.07. The van der Waals surface area contributed by atoms with Crippen LogP contribution >= 0.6 is 0 Å². The Hall–Kier alpha value is -1.71. The van der Waals surface area contributed by atoms with Crippen molar-refractivity contribution in [3.05, 3.63) is 29.8 Å². The second kappa shape index (κ2) is 7.02. The van der Waals surface area contributed by atoms with Crippen LogP contribution in [0.25, 0.3) is 0 Å². The summed E-state index contributed by atoms with van der Waals surface area (Å²) in [5.41, 5.74) is 7.13. The van der Waals surface area contributed by atoms with E-state index in [1.165, 1.54) is 31.2 Å². The van der Waals surface area contributed by atoms with Crippen molar-refractivity contribution in [2.45, 2.75) is 38.1 Å². The van der Waals surface area contributed by atoms with Crippen molar-refractivity contribution in [3.63, 3.8) is 0 Å². The molecule has 2 rings (SSSR count). The molecule has 0 saturated heterocycles. The third kappa shape index (κ3) is 4.47. The zero-order valence-electron chi connectivity index (χ0n) is 11.6. The summed E-state index contributed by atoms with van der Waals surface area (Å²) in [7, 11) is 1.68. The maximum Gasteiger partial charge on any atom is 0.188 e. The summed E-state index contributed by atoms with van der Waals surface area (Å²) < 4.78 is 5.13. The van der Waals surface area contributed by atoms with E-state index < -0.39 is 0 Å². The largest absolute Gasteiger partial charge is 0.497 e. The highest BCUT2D eigenvalue weighted by molar-refractivity contribution is 5.78. The zero-order chi connectivity index (χ0) is 13.5. The molecular weight excluding hydrogens is 238 g/mol. The summed E-state index contributed by atoms with van der Waals surface area (Å²) in [6, 6.07) is 8.60. The normalized spacial score (nSPS) is 16.6. The van der Waals surface area contributed by atoms with E-state index in [2.05, 4.69) is 22.4 Å². The van der Waals surface area contributed by atoms with Gasteiger partial charge in [-0.2, -0.15) is 0 Å². The third-order valence-corrected chi connectivity index (χ3v) is 3.55. The highest BCUT2D eigenvalue weighted by Crippen LogP contribution is 2.17. The molecule has 0 radical (unpaired) electrons. The highest BCUT2D eigenvalue weighted by Gasteiger charge is 2.14. The van der Waals surface area contributed by atoms with Gasteiger partial charge in [-0.25, -0.2) is 0 Å². The van der Waals surface area contributed by atoms with E-state index >= 15 is 0 Å². The third-order valence-electron chi connectivity index (χ3n) is 3.55. The summed E-state index contributed by atoms with van der Waals surface area (Å²) in [6.45, 7) is 0.720. The Morgan fingerprint density at radius 1 is 1.32 bits per heavy atom. The smallest absolute Gasteiger partial charge is 0.188 e. The molecule has 0 aliphatic heterocycles. The van der Waals surface area contributed by atoms with Crippen molar-refractivity contribution in [1.29, 1.82) is 0 Å². The number of hydrogen-bond acceptors (Lipinski definition) is 2. The van der Waals surface area contributed by atoms with Gasteiger partial charge in [0.25, 0.3) is 0 Å². The van der Waals surface area contributed by atoms with Crippen molar-refractivity contribution >= 4 is 5.96 Å². The van der Waals surface area contributed by atoms with Gasteiger partial charge in [0.1, 0.15) is 5.75 Å². The van der Waals surface area contributed by atoms with Crippen molar-refractivity contribution in [2.75, 3.05) is 13.7 Å². The van der Waals surface area contributed by atoms with Gasteiger partial charge in [0.05, 0.1) is 7.11 Å². The van der Waals surface area contributed by atoms with Gasteiger partial charge in [0.2, 0.25) is 0 Å². The number of benzene rings is 1. The summed E-state index contributed by atoms with van der Waals surface area (Å²) in [5.74, 6) is 1.47. The second-order valence-corrected chi connectivity index (χ2v) is 4.99. The summed E-state index contributed by atoms with van der Waals surface area (Å²) in [4.78, 5) is 4.38. The maximum absolute atomic E-state index is 5.88. The number of nitrogens with one attached hydrogen (secondary N) is 1. The fourth-order valence-electron chi connectivity index (χ4n) is 2.42. The number of methoxy groups -OCH3 is 1. The van der Waals surface area contributed by atoms with Crippen LogP contribution in [0.4, 0.5) is 0 Å². The van der Waals surface area contributed by atoms with Crippen LogP contribution in [0.5, 0.6) is 5.75 Å². The Labute approximate surface area is 115 Å². The van der Waals surface area contributed by atoms with Crippen LogP contribution < -0.4 is 15.8 Å². The maximum atomic E-state index is 5.88. The van der Waals surface area contributed by atoms with Crippen molar-refractivity contribution in [1.82, 2.24) is 5.32 Å². The van der Waals surface area contributed by atoms with Gasteiger partial charge in [-0.1, -0.05) is 25.0 Å². The number of rotatable bonds is 5. The number of nitrogens with zero attached hydrogens (tertiary/aromatic N) is 1. The highest BCUT2D eigenvalue weighted by atomic mass is 16.5. The van der Waals surface area contributed by atoms with Gasteiger partial charge in [0, 0.05) is 12.6 Å². The Morgan fingerprint density at radius 3 is 2.63 bits per heavy atom. The topological polar surface area (TPSA) is 59.6 Å². The van der Waals surface area contributed by atoms with Crippen molar-refractivity contribution in [2.24, 2.45) is 10.7 Å². The predicted molar refractivity (Wildman–Crippen MR) is 78.6 cm³/mol. The fourth-order valence-corrected chi connectivity index (χ4v) is 2.42. The molecule has 1 fully saturated rings. The first kappa shape index (κ1) is 13.7. The molecule has 0 spiro atoms. The molecule has 1 aliphatic carbocycles. The number of nitrogens with two attached hydrogens (primary N) is 1. The molecule has 1 aromatic rings. The van der Waals surface area contributed by atoms with Crippen molar-refractivity contribution < 1.29 is 4.74 Å². The molecule has 104 valence electrons. The Morgan fingerprint density at radius 2 is 2.00 bits per heavy atom. The summed E-state index contributed by atoms with van der Waals surface area (Å²) in [5, 5.41) is 3.29. The molecule has 1 aliphatic rings. The predicted octanol–water partition coefficient (Wildman–Crippen LogP) is 2.08. The monoisotopic (exact) mass is 261 g/mol. The first-order chi connectivity index (χ1) is 9.28. The number of aliphatic imine (C=N–C) groups is 1. The second-order valence-electron chi connectivity index (χ2n) is 4.99. The van der Waals surface area contributed by atoms with Gasteiger partial charge in [0.15, 0.2) is 5.96 Å². The summed E-state index contributed by atoms with van der Waals surface area (Å²) >= 11 is 0. The minimum Gasteiger partial charge on any atom is -0.497 e. The molecule has 3 N–H and O–H groups in total. The van der Waals surface area contributed by atoms with Crippen molar-refractivity contribution in [3.8, 4) is 5.75 Å². The van der Waals surface area contributed by atoms with Gasteiger partial charge in [-0.05, 0) is 37.0 Å². The number of guanidine groups is 1. The molecule has 0 unspecified atom stereocenters. The van der Waals surface area contributed by atoms with Crippen LogP contribution in [0, 0.1) is 0 Å². The molecule has 0 amide bonds. The molecule has 0 bridgehead atoms. The average Bonchev–Trinajstić information content (AvgIpc) is 2.92. The Balaban J connectivity index is 1.74. The molecule has 0 heterocycles. The lowest BCUT2D eigenvalue weighted by Crippen LogP contribution is -2.38. The van der Waals surface area contributed by atoms with Crippen LogP contribution in [0.15, 0.2) is 29.3 Å². The summed E-state index contributed by atoms with van der Waals surface area (Å²) in [6.07, 6.45) is 5.94. The Bertz CT molecular complexity index is 408. The van der Waals surface area contributed by atoms with Gasteiger partial charge >= 0.3 is 0 Å². The van der Waals surface area contributed by atoms with Gasteiger partial charge in [-0.3, -0.25) is 4.99 Å². The van der Waals surface area contributed by atoms with Gasteiger partial charge in [-0.15, -0.1) is 0 Å². The molecule has 4 heteroatoms. The minimum atomic E-state index is 0.532. The van der Waals surface area contributed by atoms with Crippen LogP contribution in [0.3, 0.4) is 0 Å². The first-order valence-electron chi connectivity index (χ1n) is 6.97. The molecular formula is C15H23N3O. The van der Waals surface area contributed by atoms with E-state index in [1.54, 1.807) is 7.11 Å². The molecule has 19 heavy (non-hydrogen) atoms. The van der Waals surface area contributed by atoms with E-state index in [0.717, 1.165) is 18.7 Å². The first-order valence-corrected chi connectivity index (χ1v) is 6.97. The van der Waals surface area contributed by atoms with E-state index in [1.807, 2.05) is 12.1 Å². The van der Waals surface area contributed by atoms with Crippen LogP contribution in [-0.2, 0) is 6.42 Å². The lowest BCUT2D eigenvalue weighted by atomic mass is 10.1. The van der Waals surface area contributed by atoms with E-state index in [0.29, 0.717) is 12.0 Å². The molecule has 1 aromatic carbocycles. The van der Waals surface area contributed by atoms with Crippen LogP contribution in [0.1, 0.15) is 31.2 Å². The zero-order valence-corrected chi connectivity index (χ0v) is 11.6. The molecule has 0 atom stereocenters. The minimum absolute atomic E-state index is 0.532. The van der Waals surface area contributed by atoms with E-state index in [9.17, 15) is 0 Å².